The van der Waals surface area contributed by atoms with Gasteiger partial charge in [-0.3, -0.25) is 48.1 Å². The van der Waals surface area contributed by atoms with Gasteiger partial charge in [0.1, 0.15) is 54.1 Å². The van der Waals surface area contributed by atoms with Crippen LogP contribution in [0.1, 0.15) is 125 Å². The monoisotopic (exact) mass is 1090 g/mol. The van der Waals surface area contributed by atoms with Gasteiger partial charge in [-0.2, -0.15) is 0 Å². The molecule has 19 N–H and O–H groups in total. The van der Waals surface area contributed by atoms with Gasteiger partial charge in [0.2, 0.25) is 53.2 Å². The van der Waals surface area contributed by atoms with Crippen molar-refractivity contribution in [3.63, 3.8) is 0 Å². The third-order valence-corrected chi connectivity index (χ3v) is 12.7. The van der Waals surface area contributed by atoms with Crippen LogP contribution in [0.5, 0.6) is 5.75 Å². The van der Waals surface area contributed by atoms with E-state index in [0.29, 0.717) is 31.4 Å². The molecule has 0 saturated carbocycles. The molecule has 0 unspecified atom stereocenters. The maximum Gasteiger partial charge on any atom is 0.326 e. The first kappa shape index (κ1) is 66.0. The number of hydrogen-bond acceptors (Lipinski definition) is 14. The number of carboxylic acid groups (broad SMARTS) is 1. The number of guanidine groups is 1. The molecule has 1 aliphatic heterocycles. The lowest BCUT2D eigenvalue weighted by molar-refractivity contribution is -0.146. The Labute approximate surface area is 450 Å². The fourth-order valence-corrected chi connectivity index (χ4v) is 8.50. The topological polar surface area (TPSA) is 441 Å². The molecule has 77 heavy (non-hydrogen) atoms. The molecular weight excluding hydrogens is 1000 g/mol. The Hall–Kier alpha value is -7.09. The first-order valence-corrected chi connectivity index (χ1v) is 26.4. The predicted octanol–water partition coefficient (Wildman–Crippen LogP) is -2.05. The minimum atomic E-state index is -1.50. The number of carbonyl (C=O) groups is 10. The largest absolute Gasteiger partial charge is 0.508 e. The molecule has 26 nitrogen and oxygen atoms in total. The number of aliphatic carboxylic acids is 1. The maximum atomic E-state index is 14.3. The van der Waals surface area contributed by atoms with Crippen molar-refractivity contribution >= 4 is 65.1 Å². The number of carbonyl (C=O) groups excluding carboxylic acids is 9. The zero-order valence-corrected chi connectivity index (χ0v) is 45.6. The molecule has 1 saturated heterocycles. The van der Waals surface area contributed by atoms with Crippen LogP contribution in [0.25, 0.3) is 0 Å². The van der Waals surface area contributed by atoms with E-state index in [1.807, 2.05) is 13.8 Å². The molecule has 1 aliphatic rings. The van der Waals surface area contributed by atoms with E-state index in [1.165, 1.54) is 24.0 Å². The average Bonchev–Trinajstić information content (AvgIpc) is 3.84. The maximum absolute atomic E-state index is 14.3. The van der Waals surface area contributed by atoms with E-state index >= 15 is 0 Å². The predicted molar refractivity (Wildman–Crippen MR) is 286 cm³/mol. The van der Waals surface area contributed by atoms with Crippen LogP contribution in [0.3, 0.4) is 0 Å². The molecule has 2 rings (SSSR count). The third-order valence-electron chi connectivity index (χ3n) is 12.7. The third kappa shape index (κ3) is 23.8. The zero-order valence-electron chi connectivity index (χ0n) is 45.6. The summed E-state index contributed by atoms with van der Waals surface area (Å²) in [4.78, 5) is 140. The van der Waals surface area contributed by atoms with E-state index < -0.39 is 119 Å². The summed E-state index contributed by atoms with van der Waals surface area (Å²) in [6.07, 6.45) is 1.38. The lowest BCUT2D eigenvalue weighted by Crippen LogP contribution is -2.60. The average molecular weight is 1090 g/mol. The highest BCUT2D eigenvalue weighted by molar-refractivity contribution is 5.98. The van der Waals surface area contributed by atoms with Crippen LogP contribution >= 0.6 is 0 Å². The minimum absolute atomic E-state index is 0.0333. The van der Waals surface area contributed by atoms with E-state index in [2.05, 4.69) is 42.2 Å². The van der Waals surface area contributed by atoms with Crippen molar-refractivity contribution < 1.29 is 58.2 Å². The molecule has 1 fully saturated rings. The Morgan fingerprint density at radius 2 is 1.16 bits per heavy atom. The minimum Gasteiger partial charge on any atom is -0.508 e. The molecule has 0 aliphatic carbocycles. The SMILES string of the molecule is CC(C)C[C@H](NC(=O)[C@H](C)NC(=O)[C@H](CCCCN)NC(=O)[C@H](CC(C)C)NC(=O)[C@@H](N)Cc1ccc(O)cc1)C(=O)N[C@@H](CCC(N)=O)C(=O)N[C@@H](CCCN=C(N)N)C(=O)N1CCC[C@H]1C(=O)N[C@H](C(=O)O)C(C)C. The summed E-state index contributed by atoms with van der Waals surface area (Å²) in [5, 5.41) is 37.7. The van der Waals surface area contributed by atoms with Gasteiger partial charge in [0.25, 0.3) is 0 Å². The molecule has 1 aromatic rings. The van der Waals surface area contributed by atoms with Gasteiger partial charge in [-0.25, -0.2) is 4.79 Å². The van der Waals surface area contributed by atoms with Crippen LogP contribution in [0, 0.1) is 17.8 Å². The summed E-state index contributed by atoms with van der Waals surface area (Å²) < 4.78 is 0. The number of carboxylic acids is 1. The van der Waals surface area contributed by atoms with Crippen molar-refractivity contribution in [2.24, 2.45) is 51.4 Å². The molecule has 0 radical (unpaired) electrons. The molecule has 0 aromatic heterocycles. The number of rotatable bonds is 34. The number of phenols is 1. The highest BCUT2D eigenvalue weighted by Gasteiger charge is 2.40. The van der Waals surface area contributed by atoms with E-state index in [9.17, 15) is 58.2 Å². The van der Waals surface area contributed by atoms with Crippen LogP contribution in [-0.4, -0.2) is 154 Å². The van der Waals surface area contributed by atoms with E-state index in [1.54, 1.807) is 39.8 Å². The number of unbranched alkanes of at least 4 members (excludes halogenated alkanes) is 1. The zero-order chi connectivity index (χ0) is 58.1. The van der Waals surface area contributed by atoms with Gasteiger partial charge in [0.15, 0.2) is 5.96 Å². The number of aromatic hydroxyl groups is 1. The number of amides is 9. The molecule has 432 valence electrons. The molecule has 26 heteroatoms. The van der Waals surface area contributed by atoms with Crippen molar-refractivity contribution in [3.8, 4) is 5.75 Å². The van der Waals surface area contributed by atoms with E-state index in [-0.39, 0.29) is 94.4 Å². The van der Waals surface area contributed by atoms with Gasteiger partial charge in [-0.1, -0.05) is 53.7 Å². The lowest BCUT2D eigenvalue weighted by Gasteiger charge is -2.31. The van der Waals surface area contributed by atoms with Gasteiger partial charge in [-0.15, -0.1) is 0 Å². The summed E-state index contributed by atoms with van der Waals surface area (Å²) in [7, 11) is 0. The Bertz CT molecular complexity index is 2190. The molecule has 0 spiro atoms. The number of nitrogens with zero attached hydrogens (tertiary/aromatic N) is 2. The van der Waals surface area contributed by atoms with Gasteiger partial charge >= 0.3 is 5.97 Å². The highest BCUT2D eigenvalue weighted by atomic mass is 16.4. The van der Waals surface area contributed by atoms with Crippen LogP contribution in [0.4, 0.5) is 0 Å². The summed E-state index contributed by atoms with van der Waals surface area (Å²) >= 11 is 0. The number of nitrogens with two attached hydrogens (primary N) is 5. The Morgan fingerprint density at radius 1 is 0.649 bits per heavy atom. The van der Waals surface area contributed by atoms with Gasteiger partial charge < -0.3 is 81.0 Å². The Morgan fingerprint density at radius 3 is 1.68 bits per heavy atom. The van der Waals surface area contributed by atoms with Crippen LogP contribution in [-0.2, 0) is 54.4 Å². The van der Waals surface area contributed by atoms with Crippen molar-refractivity contribution in [1.82, 2.24) is 42.1 Å². The highest BCUT2D eigenvalue weighted by Crippen LogP contribution is 2.21. The van der Waals surface area contributed by atoms with E-state index in [0.717, 1.165) is 0 Å². The molecule has 1 heterocycles. The summed E-state index contributed by atoms with van der Waals surface area (Å²) in [5.74, 6) is -8.96. The summed E-state index contributed by atoms with van der Waals surface area (Å²) in [6, 6.07) is -4.87. The standard InChI is InChI=1S/C51H86N14O12/c1-27(2)24-37(62-42(68)30(7)58-44(70)34(12-8-9-21-52)59-47(73)38(25-28(3)4)63-43(69)33(53)26-31-15-17-32(66)18-16-31)46(72)60-35(19-20-40(54)67)45(71)61-36(13-10-22-57-51(55)56)49(75)65-23-11-14-39(65)48(74)64-41(29(5)6)50(76)77/h15-18,27-30,33-39,41,66H,8-14,19-26,52-53H2,1-7H3,(H2,54,67)(H,58,70)(H,59,73)(H,60,72)(H,61,71)(H,62,68)(H,63,69)(H,64,74)(H,76,77)(H4,55,56,57)/t30-,33-,34-,35-,36-,37-,38-,39-,41-/m0/s1. The lowest BCUT2D eigenvalue weighted by atomic mass is 10.00. The number of hydrogen-bond donors (Lipinski definition) is 14. The first-order valence-electron chi connectivity index (χ1n) is 26.4. The number of likely N-dealkylation sites (tertiary alicyclic amines) is 1. The summed E-state index contributed by atoms with van der Waals surface area (Å²) in [6.45, 7) is 12.3. The van der Waals surface area contributed by atoms with Gasteiger partial charge in [0.05, 0.1) is 6.04 Å². The number of nitrogens with one attached hydrogen (secondary N) is 7. The van der Waals surface area contributed by atoms with Crippen molar-refractivity contribution in [1.29, 1.82) is 0 Å². The number of aliphatic imine (C=N–C) groups is 1. The summed E-state index contributed by atoms with van der Waals surface area (Å²) in [5.41, 5.74) is 29.1. The molecule has 0 bridgehead atoms. The smallest absolute Gasteiger partial charge is 0.326 e. The van der Waals surface area contributed by atoms with Crippen LogP contribution in [0.2, 0.25) is 0 Å². The number of benzene rings is 1. The normalized spacial score (nSPS) is 16.4. The molecular formula is C51H86N14O12. The van der Waals surface area contributed by atoms with E-state index in [4.69, 9.17) is 28.7 Å². The Balaban J connectivity index is 2.33. The van der Waals surface area contributed by atoms with Crippen molar-refractivity contribution in [2.75, 3.05) is 19.6 Å². The van der Waals surface area contributed by atoms with Gasteiger partial charge in [0, 0.05) is 19.5 Å². The second-order valence-corrected chi connectivity index (χ2v) is 20.8. The van der Waals surface area contributed by atoms with Crippen molar-refractivity contribution in [2.45, 2.75) is 180 Å². The van der Waals surface area contributed by atoms with Crippen LogP contribution < -0.4 is 65.9 Å². The molecule has 1 aromatic carbocycles. The second-order valence-electron chi connectivity index (χ2n) is 20.8. The first-order chi connectivity index (χ1) is 36.1. The fourth-order valence-electron chi connectivity index (χ4n) is 8.50. The van der Waals surface area contributed by atoms with Crippen molar-refractivity contribution in [3.05, 3.63) is 29.8 Å². The molecule has 9 amide bonds. The van der Waals surface area contributed by atoms with Gasteiger partial charge in [-0.05, 0) is 120 Å². The Kier molecular flexibility index (Phi) is 28.4. The fraction of sp³-hybridized carbons (Fsp3) is 0.667. The quantitative estimate of drug-likeness (QED) is 0.0201. The second kappa shape index (κ2) is 33.2. The van der Waals surface area contributed by atoms with Crippen LogP contribution in [0.15, 0.2) is 29.3 Å². The number of primary amides is 1. The molecule has 9 atom stereocenters. The number of phenolic OH excluding ortho intramolecular Hbond substituents is 1.